The molecule has 2 atom stereocenters. The van der Waals surface area contributed by atoms with Crippen LogP contribution in [0.25, 0.3) is 0 Å². The highest BCUT2D eigenvalue weighted by Gasteiger charge is 2.31. The van der Waals surface area contributed by atoms with E-state index in [0.717, 1.165) is 36.4 Å². The van der Waals surface area contributed by atoms with E-state index in [1.807, 2.05) is 19.9 Å². The number of carbonyl (C=O) groups is 2. The maximum Gasteiger partial charge on any atom is 0.416 e. The quantitative estimate of drug-likeness (QED) is 0.198. The largest absolute Gasteiger partial charge is 0.416 e. The van der Waals surface area contributed by atoms with Gasteiger partial charge in [-0.2, -0.15) is 41.6 Å². The van der Waals surface area contributed by atoms with Crippen LogP contribution >= 0.6 is 0 Å². The molecular weight excluding hydrogens is 582 g/mol. The van der Waals surface area contributed by atoms with E-state index < -0.39 is 47.4 Å². The summed E-state index contributed by atoms with van der Waals surface area (Å²) in [5, 5.41) is 19.6. The number of anilines is 5. The van der Waals surface area contributed by atoms with Crippen LogP contribution in [0, 0.1) is 11.3 Å². The van der Waals surface area contributed by atoms with Gasteiger partial charge in [-0.25, -0.2) is 0 Å². The molecule has 1 aromatic heterocycles. The van der Waals surface area contributed by atoms with Gasteiger partial charge in [-0.1, -0.05) is 26.0 Å². The second-order valence-corrected chi connectivity index (χ2v) is 8.63. The van der Waals surface area contributed by atoms with Crippen molar-refractivity contribution in [3.63, 3.8) is 0 Å². The topological polar surface area (TPSA) is 158 Å². The predicted octanol–water partition coefficient (Wildman–Crippen LogP) is 5.87. The lowest BCUT2D eigenvalue weighted by Crippen LogP contribution is -2.34. The number of amides is 2. The third-order valence-corrected chi connectivity index (χ3v) is 5.45. The number of nitrogens with two attached hydrogens (primary N) is 1. The second kappa shape index (κ2) is 14.2. The summed E-state index contributed by atoms with van der Waals surface area (Å²) >= 11 is 0. The fourth-order valence-corrected chi connectivity index (χ4v) is 3.38. The fourth-order valence-electron chi connectivity index (χ4n) is 3.38. The lowest BCUT2D eigenvalue weighted by atomic mass is 10.2. The molecule has 0 aliphatic rings. The molecule has 2 amide bonds. The number of halogens is 6. The molecule has 3 rings (SSSR count). The van der Waals surface area contributed by atoms with Crippen LogP contribution < -0.4 is 27.0 Å². The molecule has 1 unspecified atom stereocenters. The Labute approximate surface area is 242 Å². The third-order valence-electron chi connectivity index (χ3n) is 5.45. The Morgan fingerprint density at radius 1 is 0.791 bits per heavy atom. The molecule has 1 heterocycles. The summed E-state index contributed by atoms with van der Waals surface area (Å²) in [6.45, 7) is 6.70. The summed E-state index contributed by atoms with van der Waals surface area (Å²) < 4.78 is 77.8. The predicted molar refractivity (Wildman–Crippen MR) is 149 cm³/mol. The molecule has 16 heteroatoms. The zero-order chi connectivity index (χ0) is 32.5. The standard InChI is InChI=1S/C25H22F6N8O2.C2H6/c1-12(21(40)36-16-7-3-5-14(9-16)24(26,27)28)34-19-18(11-32)20(39-23(33)38-19)35-13(2)22(41)37-17-8-4-6-15(10-17)25(29,30)31;1-2/h3-10,12-13H,1-2H3,(H,36,40)(H,37,41)(H4,33,34,35,38,39);1-2H3/t12-,13?;/m0./s1. The number of alkyl halides is 6. The van der Waals surface area contributed by atoms with E-state index in [4.69, 9.17) is 5.73 Å². The number of nitriles is 1. The molecule has 230 valence electrons. The lowest BCUT2D eigenvalue weighted by Gasteiger charge is -2.19. The Balaban J connectivity index is 0.00000316. The SMILES string of the molecule is CC.CC(Nc1nc(N)nc(N[C@@H](C)C(=O)Nc2cccc(C(F)(F)F)c2)c1C#N)C(=O)Nc1cccc(C(F)(F)F)c1. The summed E-state index contributed by atoms with van der Waals surface area (Å²) in [4.78, 5) is 33.0. The minimum Gasteiger partial charge on any atom is -0.368 e. The van der Waals surface area contributed by atoms with Crippen LogP contribution in [0.4, 0.5) is 55.3 Å². The second-order valence-electron chi connectivity index (χ2n) is 8.63. The molecule has 6 N–H and O–H groups in total. The van der Waals surface area contributed by atoms with Gasteiger partial charge in [0.15, 0.2) is 11.6 Å². The van der Waals surface area contributed by atoms with Crippen molar-refractivity contribution in [1.82, 2.24) is 9.97 Å². The molecule has 0 fully saturated rings. The Morgan fingerprint density at radius 3 is 1.49 bits per heavy atom. The lowest BCUT2D eigenvalue weighted by molar-refractivity contribution is -0.138. The van der Waals surface area contributed by atoms with Crippen LogP contribution in [0.2, 0.25) is 0 Å². The van der Waals surface area contributed by atoms with Gasteiger partial charge in [-0.05, 0) is 50.2 Å². The number of hydrogen-bond acceptors (Lipinski definition) is 8. The van der Waals surface area contributed by atoms with Crippen LogP contribution in [-0.2, 0) is 21.9 Å². The summed E-state index contributed by atoms with van der Waals surface area (Å²) in [5.74, 6) is -2.35. The first-order valence-electron chi connectivity index (χ1n) is 12.7. The number of nitrogens with zero attached hydrogens (tertiary/aromatic N) is 3. The maximum absolute atomic E-state index is 13.0. The van der Waals surface area contributed by atoms with E-state index in [9.17, 15) is 41.2 Å². The highest BCUT2D eigenvalue weighted by Crippen LogP contribution is 2.32. The normalized spacial score (nSPS) is 12.5. The first-order chi connectivity index (χ1) is 20.1. The van der Waals surface area contributed by atoms with Gasteiger partial charge in [0.05, 0.1) is 11.1 Å². The molecule has 10 nitrogen and oxygen atoms in total. The smallest absolute Gasteiger partial charge is 0.368 e. The molecule has 3 aromatic rings. The number of aromatic nitrogens is 2. The van der Waals surface area contributed by atoms with Crippen LogP contribution in [0.3, 0.4) is 0 Å². The summed E-state index contributed by atoms with van der Waals surface area (Å²) in [5.41, 5.74) is 3.28. The van der Waals surface area contributed by atoms with Crippen molar-refractivity contribution >= 4 is 40.8 Å². The average Bonchev–Trinajstić information content (AvgIpc) is 2.93. The van der Waals surface area contributed by atoms with Gasteiger partial charge in [0, 0.05) is 11.4 Å². The minimum atomic E-state index is -4.62. The molecule has 0 bridgehead atoms. The zero-order valence-corrected chi connectivity index (χ0v) is 23.3. The first kappa shape index (κ1) is 34.1. The van der Waals surface area contributed by atoms with Crippen molar-refractivity contribution < 1.29 is 35.9 Å². The van der Waals surface area contributed by atoms with Gasteiger partial charge in [0.25, 0.3) is 0 Å². The number of nitrogen functional groups attached to an aromatic ring is 1. The van der Waals surface area contributed by atoms with Gasteiger partial charge in [0.1, 0.15) is 23.7 Å². The van der Waals surface area contributed by atoms with Crippen molar-refractivity contribution in [2.45, 2.75) is 52.1 Å². The van der Waals surface area contributed by atoms with Crippen molar-refractivity contribution in [2.24, 2.45) is 0 Å². The van der Waals surface area contributed by atoms with Crippen LogP contribution in [0.1, 0.15) is 44.4 Å². The van der Waals surface area contributed by atoms with Crippen LogP contribution in [0.15, 0.2) is 48.5 Å². The Kier molecular flexibility index (Phi) is 11.3. The molecule has 0 radical (unpaired) electrons. The van der Waals surface area contributed by atoms with Gasteiger partial charge in [-0.15, -0.1) is 0 Å². The number of rotatable bonds is 8. The zero-order valence-electron chi connectivity index (χ0n) is 23.3. The fraction of sp³-hybridized carbons (Fsp3) is 0.296. The molecule has 43 heavy (non-hydrogen) atoms. The van der Waals surface area contributed by atoms with Gasteiger partial charge in [0.2, 0.25) is 17.8 Å². The minimum absolute atomic E-state index is 0.121. The number of benzene rings is 2. The Morgan fingerprint density at radius 2 is 1.16 bits per heavy atom. The van der Waals surface area contributed by atoms with E-state index in [-0.39, 0.29) is 34.5 Å². The van der Waals surface area contributed by atoms with Crippen molar-refractivity contribution in [1.29, 1.82) is 5.26 Å². The van der Waals surface area contributed by atoms with Gasteiger partial charge < -0.3 is 27.0 Å². The number of nitrogens with one attached hydrogen (secondary N) is 4. The molecule has 0 saturated carbocycles. The van der Waals surface area contributed by atoms with Crippen LogP contribution in [0.5, 0.6) is 0 Å². The molecule has 0 spiro atoms. The Bertz CT molecular complexity index is 1390. The maximum atomic E-state index is 13.0. The highest BCUT2D eigenvalue weighted by atomic mass is 19.4. The van der Waals surface area contributed by atoms with E-state index in [1.54, 1.807) is 0 Å². The summed E-state index contributed by atoms with van der Waals surface area (Å²) in [6, 6.07) is 7.49. The van der Waals surface area contributed by atoms with Gasteiger partial charge >= 0.3 is 12.4 Å². The number of hydrogen-bond donors (Lipinski definition) is 5. The van der Waals surface area contributed by atoms with E-state index >= 15 is 0 Å². The third kappa shape index (κ3) is 9.48. The Hall–Kier alpha value is -5.07. The average molecular weight is 611 g/mol. The summed E-state index contributed by atoms with van der Waals surface area (Å²) in [6.07, 6.45) is -9.23. The molecule has 0 aliphatic carbocycles. The van der Waals surface area contributed by atoms with Crippen molar-refractivity contribution in [3.05, 3.63) is 65.2 Å². The molecule has 2 aromatic carbocycles. The van der Waals surface area contributed by atoms with E-state index in [2.05, 4.69) is 31.2 Å². The van der Waals surface area contributed by atoms with Crippen molar-refractivity contribution in [3.8, 4) is 6.07 Å². The van der Waals surface area contributed by atoms with Crippen LogP contribution in [-0.4, -0.2) is 33.9 Å². The van der Waals surface area contributed by atoms with E-state index in [0.29, 0.717) is 0 Å². The van der Waals surface area contributed by atoms with Gasteiger partial charge in [-0.3, -0.25) is 9.59 Å². The highest BCUT2D eigenvalue weighted by molar-refractivity contribution is 5.97. The molecule has 0 aliphatic heterocycles. The monoisotopic (exact) mass is 610 g/mol. The first-order valence-corrected chi connectivity index (χ1v) is 12.7. The molecule has 0 saturated heterocycles. The molecular formula is C27H28F6N8O2. The number of carbonyl (C=O) groups excluding carboxylic acids is 2. The van der Waals surface area contributed by atoms with Crippen molar-refractivity contribution in [2.75, 3.05) is 27.0 Å². The summed E-state index contributed by atoms with van der Waals surface area (Å²) in [7, 11) is 0. The van der Waals surface area contributed by atoms with E-state index in [1.165, 1.54) is 26.0 Å².